The lowest BCUT2D eigenvalue weighted by Crippen LogP contribution is -2.32. The Morgan fingerprint density at radius 2 is 2.31 bits per heavy atom. The number of rotatable bonds is 3. The summed E-state index contributed by atoms with van der Waals surface area (Å²) in [4.78, 5) is 3.50. The van der Waals surface area contributed by atoms with Crippen LogP contribution >= 0.6 is 0 Å². The third kappa shape index (κ3) is 2.57. The van der Waals surface area contributed by atoms with Crippen molar-refractivity contribution in [1.82, 2.24) is 9.71 Å². The topological polar surface area (TPSA) is 82.8 Å². The van der Waals surface area contributed by atoms with Gasteiger partial charge in [0, 0.05) is 6.20 Å². The Bertz CT molecular complexity index is 566. The molecule has 5 nitrogen and oxygen atoms in total. The molecular formula is C10H9N3O2S. The summed E-state index contributed by atoms with van der Waals surface area (Å²) in [5.41, 5.74) is -0.153. The smallest absolute Gasteiger partial charge is 0.244 e. The molecule has 1 aromatic heterocycles. The van der Waals surface area contributed by atoms with Crippen molar-refractivity contribution in [3.05, 3.63) is 24.0 Å². The van der Waals surface area contributed by atoms with Crippen LogP contribution in [0.3, 0.4) is 0 Å². The molecule has 6 heteroatoms. The lowest BCUT2D eigenvalue weighted by atomic mass is 10.4. The van der Waals surface area contributed by atoms with Crippen molar-refractivity contribution in [2.45, 2.75) is 17.9 Å². The van der Waals surface area contributed by atoms with Gasteiger partial charge in [-0.15, -0.1) is 6.42 Å². The summed E-state index contributed by atoms with van der Waals surface area (Å²) >= 11 is 0. The standard InChI is InChI=1S/C10H9N3O2S/c1-3-8(2)13-16(14,15)10-5-4-6-12-9(10)7-11/h1,4-6,8,13H,2H3. The van der Waals surface area contributed by atoms with Crippen molar-refractivity contribution < 1.29 is 8.42 Å². The fraction of sp³-hybridized carbons (Fsp3) is 0.200. The third-order valence-corrected chi connectivity index (χ3v) is 3.32. The van der Waals surface area contributed by atoms with Crippen LogP contribution in [0.5, 0.6) is 0 Å². The van der Waals surface area contributed by atoms with Crippen molar-refractivity contribution >= 4 is 10.0 Å². The Balaban J connectivity index is 3.20. The highest BCUT2D eigenvalue weighted by Crippen LogP contribution is 2.11. The second kappa shape index (κ2) is 4.75. The first-order valence-electron chi connectivity index (χ1n) is 4.35. The number of hydrogen-bond donors (Lipinski definition) is 1. The van der Waals surface area contributed by atoms with E-state index in [1.165, 1.54) is 25.3 Å². The second-order valence-corrected chi connectivity index (χ2v) is 4.65. The van der Waals surface area contributed by atoms with Crippen LogP contribution in [0.2, 0.25) is 0 Å². The maximum absolute atomic E-state index is 11.8. The number of aromatic nitrogens is 1. The molecule has 0 aliphatic rings. The minimum atomic E-state index is -3.79. The molecule has 0 saturated carbocycles. The van der Waals surface area contributed by atoms with E-state index in [4.69, 9.17) is 11.7 Å². The minimum absolute atomic E-state index is 0.153. The van der Waals surface area contributed by atoms with E-state index in [0.717, 1.165) is 0 Å². The monoisotopic (exact) mass is 235 g/mol. The highest BCUT2D eigenvalue weighted by atomic mass is 32.2. The molecule has 1 N–H and O–H groups in total. The van der Waals surface area contributed by atoms with E-state index in [9.17, 15) is 8.42 Å². The summed E-state index contributed by atoms with van der Waals surface area (Å²) in [6, 6.07) is 3.81. The van der Waals surface area contributed by atoms with E-state index >= 15 is 0 Å². The summed E-state index contributed by atoms with van der Waals surface area (Å²) in [7, 11) is -3.79. The van der Waals surface area contributed by atoms with Gasteiger partial charge in [-0.2, -0.15) is 9.98 Å². The van der Waals surface area contributed by atoms with Gasteiger partial charge in [-0.25, -0.2) is 13.4 Å². The first-order valence-corrected chi connectivity index (χ1v) is 5.83. The number of terminal acetylenes is 1. The Hall–Kier alpha value is -1.89. The zero-order valence-electron chi connectivity index (χ0n) is 8.51. The number of hydrogen-bond acceptors (Lipinski definition) is 4. The zero-order valence-corrected chi connectivity index (χ0v) is 9.32. The third-order valence-electron chi connectivity index (χ3n) is 1.75. The lowest BCUT2D eigenvalue weighted by molar-refractivity contribution is 0.577. The summed E-state index contributed by atoms with van der Waals surface area (Å²) in [5.74, 6) is 2.23. The van der Waals surface area contributed by atoms with Gasteiger partial charge in [-0.05, 0) is 19.1 Å². The molecule has 0 amide bonds. The second-order valence-electron chi connectivity index (χ2n) is 2.97. The maximum atomic E-state index is 11.8. The SMILES string of the molecule is C#CC(C)NS(=O)(=O)c1cccnc1C#N. The first-order chi connectivity index (χ1) is 7.51. The van der Waals surface area contributed by atoms with Gasteiger partial charge in [0.2, 0.25) is 10.0 Å². The molecule has 1 unspecified atom stereocenters. The van der Waals surface area contributed by atoms with Crippen LogP contribution in [0, 0.1) is 23.7 Å². The van der Waals surface area contributed by atoms with E-state index in [0.29, 0.717) is 0 Å². The summed E-state index contributed by atoms with van der Waals surface area (Å²) < 4.78 is 25.8. The van der Waals surface area contributed by atoms with Crippen LogP contribution in [0.4, 0.5) is 0 Å². The van der Waals surface area contributed by atoms with Gasteiger partial charge in [0.25, 0.3) is 0 Å². The van der Waals surface area contributed by atoms with Crippen LogP contribution in [-0.4, -0.2) is 19.4 Å². The van der Waals surface area contributed by atoms with Crippen LogP contribution in [0.25, 0.3) is 0 Å². The number of sulfonamides is 1. The summed E-state index contributed by atoms with van der Waals surface area (Å²) in [6.07, 6.45) is 6.42. The van der Waals surface area contributed by atoms with E-state index in [-0.39, 0.29) is 10.6 Å². The zero-order chi connectivity index (χ0) is 12.2. The quantitative estimate of drug-likeness (QED) is 0.761. The molecule has 0 saturated heterocycles. The molecule has 0 aliphatic heterocycles. The lowest BCUT2D eigenvalue weighted by Gasteiger charge is -2.09. The minimum Gasteiger partial charge on any atom is -0.244 e. The normalized spacial score (nSPS) is 12.4. The van der Waals surface area contributed by atoms with E-state index < -0.39 is 16.1 Å². The van der Waals surface area contributed by atoms with Crippen LogP contribution in [-0.2, 0) is 10.0 Å². The number of nitriles is 1. The Morgan fingerprint density at radius 1 is 1.62 bits per heavy atom. The molecule has 0 spiro atoms. The van der Waals surface area contributed by atoms with Gasteiger partial charge < -0.3 is 0 Å². The number of nitrogens with one attached hydrogen (secondary N) is 1. The predicted molar refractivity (Wildman–Crippen MR) is 57.6 cm³/mol. The maximum Gasteiger partial charge on any atom is 0.244 e. The Morgan fingerprint density at radius 3 is 2.88 bits per heavy atom. The highest BCUT2D eigenvalue weighted by Gasteiger charge is 2.20. The van der Waals surface area contributed by atoms with Crippen molar-refractivity contribution in [3.63, 3.8) is 0 Å². The molecule has 1 heterocycles. The molecule has 0 aliphatic carbocycles. The molecule has 82 valence electrons. The van der Waals surface area contributed by atoms with Gasteiger partial charge in [-0.3, -0.25) is 0 Å². The van der Waals surface area contributed by atoms with Crippen molar-refractivity contribution in [2.75, 3.05) is 0 Å². The molecule has 16 heavy (non-hydrogen) atoms. The van der Waals surface area contributed by atoms with Crippen molar-refractivity contribution in [2.24, 2.45) is 0 Å². The predicted octanol–water partition coefficient (Wildman–Crippen LogP) is 0.253. The summed E-state index contributed by atoms with van der Waals surface area (Å²) in [6.45, 7) is 1.53. The van der Waals surface area contributed by atoms with Gasteiger partial charge in [0.15, 0.2) is 5.69 Å². The van der Waals surface area contributed by atoms with E-state index in [1.807, 2.05) is 0 Å². The van der Waals surface area contributed by atoms with E-state index in [2.05, 4.69) is 15.6 Å². The molecule has 0 radical (unpaired) electrons. The first kappa shape index (κ1) is 12.2. The van der Waals surface area contributed by atoms with Gasteiger partial charge in [-0.1, -0.05) is 5.92 Å². The van der Waals surface area contributed by atoms with Crippen molar-refractivity contribution in [3.8, 4) is 18.4 Å². The average molecular weight is 235 g/mol. The molecule has 1 rings (SSSR count). The highest BCUT2D eigenvalue weighted by molar-refractivity contribution is 7.89. The Kier molecular flexibility index (Phi) is 3.62. The molecule has 1 aromatic rings. The van der Waals surface area contributed by atoms with Crippen molar-refractivity contribution in [1.29, 1.82) is 5.26 Å². The van der Waals surface area contributed by atoms with Gasteiger partial charge >= 0.3 is 0 Å². The van der Waals surface area contributed by atoms with Gasteiger partial charge in [0.05, 0.1) is 6.04 Å². The molecule has 1 atom stereocenters. The van der Waals surface area contributed by atoms with Crippen LogP contribution in [0.1, 0.15) is 12.6 Å². The fourth-order valence-corrected chi connectivity index (χ4v) is 2.29. The summed E-state index contributed by atoms with van der Waals surface area (Å²) in [5, 5.41) is 8.73. The van der Waals surface area contributed by atoms with E-state index in [1.54, 1.807) is 6.07 Å². The molecule has 0 bridgehead atoms. The fourth-order valence-electron chi connectivity index (χ4n) is 1.02. The Labute approximate surface area is 94.2 Å². The van der Waals surface area contributed by atoms with Crippen LogP contribution in [0.15, 0.2) is 23.2 Å². The van der Waals surface area contributed by atoms with Crippen LogP contribution < -0.4 is 4.72 Å². The molecular weight excluding hydrogens is 226 g/mol. The average Bonchev–Trinajstić information content (AvgIpc) is 2.28. The largest absolute Gasteiger partial charge is 0.244 e. The van der Waals surface area contributed by atoms with Gasteiger partial charge in [0.1, 0.15) is 11.0 Å². The number of nitrogens with zero attached hydrogens (tertiary/aromatic N) is 2. The number of pyridine rings is 1. The molecule has 0 aromatic carbocycles. The molecule has 0 fully saturated rings.